The normalized spacial score (nSPS) is 26.6. The summed E-state index contributed by atoms with van der Waals surface area (Å²) in [6.45, 7) is 6.93. The van der Waals surface area contributed by atoms with E-state index in [4.69, 9.17) is 9.47 Å². The van der Waals surface area contributed by atoms with Gasteiger partial charge < -0.3 is 14.8 Å². The van der Waals surface area contributed by atoms with E-state index in [1.807, 2.05) is 6.07 Å². The van der Waals surface area contributed by atoms with E-state index in [-0.39, 0.29) is 0 Å². The van der Waals surface area contributed by atoms with Gasteiger partial charge in [0.05, 0.1) is 14.2 Å². The van der Waals surface area contributed by atoms with E-state index in [2.05, 4.69) is 38.2 Å². The summed E-state index contributed by atoms with van der Waals surface area (Å²) in [6, 6.07) is 7.13. The molecular formula is C18H29NO2. The van der Waals surface area contributed by atoms with Gasteiger partial charge in [0.2, 0.25) is 0 Å². The van der Waals surface area contributed by atoms with Gasteiger partial charge in [-0.2, -0.15) is 0 Å². The van der Waals surface area contributed by atoms with E-state index in [9.17, 15) is 0 Å². The molecule has 0 amide bonds. The SMILES string of the molecule is CCC1CCC(NC(C)c2ccc(OC)c(OC)c2)C1C. The Balaban J connectivity index is 2.05. The van der Waals surface area contributed by atoms with Crippen LogP contribution < -0.4 is 14.8 Å². The molecule has 4 unspecified atom stereocenters. The molecule has 1 aliphatic rings. The highest BCUT2D eigenvalue weighted by Crippen LogP contribution is 2.36. The predicted octanol–water partition coefficient (Wildman–Crippen LogP) is 4.18. The smallest absolute Gasteiger partial charge is 0.161 e. The van der Waals surface area contributed by atoms with Crippen molar-refractivity contribution in [2.24, 2.45) is 11.8 Å². The van der Waals surface area contributed by atoms with Gasteiger partial charge in [-0.25, -0.2) is 0 Å². The van der Waals surface area contributed by atoms with Gasteiger partial charge in [0.15, 0.2) is 11.5 Å². The maximum Gasteiger partial charge on any atom is 0.161 e. The number of methoxy groups -OCH3 is 2. The van der Waals surface area contributed by atoms with Crippen molar-refractivity contribution >= 4 is 0 Å². The molecule has 0 aliphatic heterocycles. The third-order valence-electron chi connectivity index (χ3n) is 5.12. The zero-order chi connectivity index (χ0) is 15.4. The van der Waals surface area contributed by atoms with E-state index < -0.39 is 0 Å². The minimum absolute atomic E-state index is 0.327. The molecule has 0 radical (unpaired) electrons. The zero-order valence-corrected chi connectivity index (χ0v) is 14.0. The molecule has 1 aromatic carbocycles. The Hall–Kier alpha value is -1.22. The van der Waals surface area contributed by atoms with E-state index in [0.717, 1.165) is 23.3 Å². The number of benzene rings is 1. The minimum atomic E-state index is 0.327. The minimum Gasteiger partial charge on any atom is -0.493 e. The summed E-state index contributed by atoms with van der Waals surface area (Å²) in [4.78, 5) is 0. The summed E-state index contributed by atoms with van der Waals surface area (Å²) in [6.07, 6.45) is 3.94. The molecule has 0 spiro atoms. The van der Waals surface area contributed by atoms with Crippen molar-refractivity contribution in [3.8, 4) is 11.5 Å². The topological polar surface area (TPSA) is 30.5 Å². The van der Waals surface area contributed by atoms with Crippen molar-refractivity contribution in [2.75, 3.05) is 14.2 Å². The lowest BCUT2D eigenvalue weighted by atomic mass is 9.93. The first-order chi connectivity index (χ1) is 10.1. The highest BCUT2D eigenvalue weighted by molar-refractivity contribution is 5.43. The van der Waals surface area contributed by atoms with Crippen LogP contribution in [0.5, 0.6) is 11.5 Å². The number of ether oxygens (including phenoxy) is 2. The fraction of sp³-hybridized carbons (Fsp3) is 0.667. The van der Waals surface area contributed by atoms with Gasteiger partial charge in [-0.15, -0.1) is 0 Å². The number of hydrogen-bond donors (Lipinski definition) is 1. The molecule has 2 rings (SSSR count). The van der Waals surface area contributed by atoms with Gasteiger partial charge in [-0.05, 0) is 49.3 Å². The Labute approximate surface area is 129 Å². The largest absolute Gasteiger partial charge is 0.493 e. The van der Waals surface area contributed by atoms with Crippen LogP contribution in [0.15, 0.2) is 18.2 Å². The third-order valence-corrected chi connectivity index (χ3v) is 5.12. The molecule has 1 aliphatic carbocycles. The molecular weight excluding hydrogens is 262 g/mol. The maximum atomic E-state index is 5.40. The summed E-state index contributed by atoms with van der Waals surface area (Å²) >= 11 is 0. The lowest BCUT2D eigenvalue weighted by Gasteiger charge is -2.25. The Morgan fingerprint density at radius 2 is 1.90 bits per heavy atom. The summed E-state index contributed by atoms with van der Waals surface area (Å²) < 4.78 is 10.7. The molecule has 0 heterocycles. The molecule has 3 heteroatoms. The molecule has 3 nitrogen and oxygen atoms in total. The average molecular weight is 291 g/mol. The second kappa shape index (κ2) is 7.17. The molecule has 1 N–H and O–H groups in total. The molecule has 118 valence electrons. The van der Waals surface area contributed by atoms with Crippen molar-refractivity contribution in [3.05, 3.63) is 23.8 Å². The molecule has 0 bridgehead atoms. The van der Waals surface area contributed by atoms with E-state index in [1.165, 1.54) is 24.8 Å². The average Bonchev–Trinajstić information content (AvgIpc) is 2.86. The first kappa shape index (κ1) is 16.2. The van der Waals surface area contributed by atoms with Gasteiger partial charge in [0.25, 0.3) is 0 Å². The standard InChI is InChI=1S/C18H29NO2/c1-6-14-7-9-16(12(14)2)19-13(3)15-8-10-17(20-4)18(11-15)21-5/h8,10-14,16,19H,6-7,9H2,1-5H3. The molecule has 1 saturated carbocycles. The highest BCUT2D eigenvalue weighted by atomic mass is 16.5. The molecule has 4 atom stereocenters. The summed E-state index contributed by atoms with van der Waals surface area (Å²) in [7, 11) is 3.36. The molecule has 0 aromatic heterocycles. The maximum absolute atomic E-state index is 5.40. The summed E-state index contributed by atoms with van der Waals surface area (Å²) in [5.41, 5.74) is 1.25. The monoisotopic (exact) mass is 291 g/mol. The van der Waals surface area contributed by atoms with Crippen LogP contribution in [0.2, 0.25) is 0 Å². The lowest BCUT2D eigenvalue weighted by molar-refractivity contribution is 0.326. The third kappa shape index (κ3) is 3.52. The van der Waals surface area contributed by atoms with Crippen LogP contribution in [0.25, 0.3) is 0 Å². The van der Waals surface area contributed by atoms with Crippen LogP contribution >= 0.6 is 0 Å². The predicted molar refractivity (Wildman–Crippen MR) is 87.1 cm³/mol. The van der Waals surface area contributed by atoms with Gasteiger partial charge in [-0.1, -0.05) is 26.3 Å². The lowest BCUT2D eigenvalue weighted by Crippen LogP contribution is -2.34. The summed E-state index contributed by atoms with van der Waals surface area (Å²) in [5, 5.41) is 3.80. The van der Waals surface area contributed by atoms with Crippen LogP contribution in [0, 0.1) is 11.8 Å². The fourth-order valence-electron chi connectivity index (χ4n) is 3.60. The van der Waals surface area contributed by atoms with E-state index in [0.29, 0.717) is 12.1 Å². The Morgan fingerprint density at radius 3 is 2.48 bits per heavy atom. The van der Waals surface area contributed by atoms with Crippen molar-refractivity contribution in [2.45, 2.75) is 52.1 Å². The van der Waals surface area contributed by atoms with Crippen molar-refractivity contribution < 1.29 is 9.47 Å². The van der Waals surface area contributed by atoms with E-state index in [1.54, 1.807) is 14.2 Å². The number of nitrogens with one attached hydrogen (secondary N) is 1. The Kier molecular flexibility index (Phi) is 5.51. The van der Waals surface area contributed by atoms with Crippen LogP contribution in [-0.2, 0) is 0 Å². The van der Waals surface area contributed by atoms with Gasteiger partial charge in [0, 0.05) is 12.1 Å². The number of hydrogen-bond acceptors (Lipinski definition) is 3. The molecule has 21 heavy (non-hydrogen) atoms. The highest BCUT2D eigenvalue weighted by Gasteiger charge is 2.32. The molecule has 1 aromatic rings. The fourth-order valence-corrected chi connectivity index (χ4v) is 3.60. The molecule has 1 fully saturated rings. The van der Waals surface area contributed by atoms with Crippen molar-refractivity contribution in [1.29, 1.82) is 0 Å². The first-order valence-electron chi connectivity index (χ1n) is 8.08. The Morgan fingerprint density at radius 1 is 1.19 bits per heavy atom. The quantitative estimate of drug-likeness (QED) is 0.853. The van der Waals surface area contributed by atoms with Gasteiger partial charge in [-0.3, -0.25) is 0 Å². The van der Waals surface area contributed by atoms with Crippen LogP contribution in [0.3, 0.4) is 0 Å². The Bertz CT molecular complexity index is 461. The van der Waals surface area contributed by atoms with Gasteiger partial charge in [0.1, 0.15) is 0 Å². The van der Waals surface area contributed by atoms with Crippen LogP contribution in [-0.4, -0.2) is 20.3 Å². The first-order valence-corrected chi connectivity index (χ1v) is 8.08. The van der Waals surface area contributed by atoms with Crippen molar-refractivity contribution in [1.82, 2.24) is 5.32 Å². The number of rotatable bonds is 6. The summed E-state index contributed by atoms with van der Waals surface area (Å²) in [5.74, 6) is 3.22. The van der Waals surface area contributed by atoms with Crippen molar-refractivity contribution in [3.63, 3.8) is 0 Å². The van der Waals surface area contributed by atoms with Crippen LogP contribution in [0.4, 0.5) is 0 Å². The second-order valence-corrected chi connectivity index (χ2v) is 6.21. The van der Waals surface area contributed by atoms with Crippen LogP contribution in [0.1, 0.15) is 51.6 Å². The molecule has 0 saturated heterocycles. The van der Waals surface area contributed by atoms with Gasteiger partial charge >= 0.3 is 0 Å². The van der Waals surface area contributed by atoms with E-state index >= 15 is 0 Å². The second-order valence-electron chi connectivity index (χ2n) is 6.21. The zero-order valence-electron chi connectivity index (χ0n) is 14.0.